The highest BCUT2D eigenvalue weighted by molar-refractivity contribution is 6.30. The van der Waals surface area contributed by atoms with E-state index in [1.54, 1.807) is 0 Å². The number of halogens is 1. The predicted octanol–water partition coefficient (Wildman–Crippen LogP) is 2.42. The molecule has 1 atom stereocenters. The lowest BCUT2D eigenvalue weighted by Crippen LogP contribution is -2.37. The Labute approximate surface area is 119 Å². The van der Waals surface area contributed by atoms with Crippen molar-refractivity contribution in [3.05, 3.63) is 35.9 Å². The van der Waals surface area contributed by atoms with Crippen LogP contribution in [-0.4, -0.2) is 37.5 Å². The lowest BCUT2D eigenvalue weighted by molar-refractivity contribution is -0.121. The van der Waals surface area contributed by atoms with E-state index in [9.17, 15) is 4.79 Å². The van der Waals surface area contributed by atoms with Crippen molar-refractivity contribution in [2.45, 2.75) is 18.2 Å². The van der Waals surface area contributed by atoms with Gasteiger partial charge in [0.25, 0.3) is 0 Å². The second-order valence-corrected chi connectivity index (χ2v) is 5.70. The van der Waals surface area contributed by atoms with Crippen molar-refractivity contribution in [1.29, 1.82) is 0 Å². The number of benzene rings is 1. The van der Waals surface area contributed by atoms with E-state index in [0.29, 0.717) is 5.92 Å². The zero-order chi connectivity index (χ0) is 13.7. The Morgan fingerprint density at radius 1 is 1.37 bits per heavy atom. The molecule has 0 spiro atoms. The summed E-state index contributed by atoms with van der Waals surface area (Å²) in [5.74, 6) is 0.492. The number of piperidine rings is 1. The summed E-state index contributed by atoms with van der Waals surface area (Å²) in [6.45, 7) is 2.97. The first kappa shape index (κ1) is 14.4. The molecule has 1 saturated heterocycles. The first-order valence-corrected chi connectivity index (χ1v) is 7.25. The topological polar surface area (TPSA) is 32.3 Å². The van der Waals surface area contributed by atoms with Gasteiger partial charge in [-0.05, 0) is 44.5 Å². The largest absolute Gasteiger partial charge is 0.354 e. The van der Waals surface area contributed by atoms with E-state index in [1.165, 1.54) is 0 Å². The molecule has 2 rings (SSSR count). The molecule has 0 radical (unpaired) electrons. The van der Waals surface area contributed by atoms with E-state index >= 15 is 0 Å². The summed E-state index contributed by atoms with van der Waals surface area (Å²) >= 11 is 6.18. The lowest BCUT2D eigenvalue weighted by Gasteiger charge is -2.29. The lowest BCUT2D eigenvalue weighted by atomic mass is 9.97. The van der Waals surface area contributed by atoms with Gasteiger partial charge in [0.15, 0.2) is 0 Å². The Morgan fingerprint density at radius 3 is 2.63 bits per heavy atom. The minimum Gasteiger partial charge on any atom is -0.354 e. The van der Waals surface area contributed by atoms with Crippen molar-refractivity contribution in [3.8, 4) is 0 Å². The molecule has 0 aliphatic carbocycles. The average molecular weight is 281 g/mol. The summed E-state index contributed by atoms with van der Waals surface area (Å²) in [6.07, 6.45) is 2.30. The third-order valence-corrected chi connectivity index (χ3v) is 4.18. The van der Waals surface area contributed by atoms with Crippen LogP contribution in [0.25, 0.3) is 0 Å². The summed E-state index contributed by atoms with van der Waals surface area (Å²) in [5, 5.41) is 2.39. The fraction of sp³-hybridized carbons (Fsp3) is 0.533. The summed E-state index contributed by atoms with van der Waals surface area (Å²) < 4.78 is 0. The van der Waals surface area contributed by atoms with Gasteiger partial charge in [0.2, 0.25) is 5.91 Å². The molecule has 1 aliphatic heterocycles. The number of nitrogens with zero attached hydrogens (tertiary/aromatic N) is 1. The molecule has 1 heterocycles. The summed E-state index contributed by atoms with van der Waals surface area (Å²) in [4.78, 5) is 14.3. The fourth-order valence-electron chi connectivity index (χ4n) is 2.37. The first-order chi connectivity index (χ1) is 9.16. The number of hydrogen-bond donors (Lipinski definition) is 1. The van der Waals surface area contributed by atoms with Crippen molar-refractivity contribution in [2.75, 3.05) is 26.7 Å². The molecule has 1 aromatic rings. The number of hydrogen-bond acceptors (Lipinski definition) is 2. The van der Waals surface area contributed by atoms with Gasteiger partial charge in [0.05, 0.1) is 0 Å². The standard InChI is InChI=1S/C15H21ClN2O/c1-18-9-7-12(8-10-18)11-17-15(19)14(16)13-5-3-2-4-6-13/h2-6,12,14H,7-11H2,1H3,(H,17,19). The molecule has 19 heavy (non-hydrogen) atoms. The molecule has 4 heteroatoms. The Bertz CT molecular complexity index is 402. The molecule has 1 N–H and O–H groups in total. The molecule has 104 valence electrons. The van der Waals surface area contributed by atoms with Crippen molar-refractivity contribution >= 4 is 17.5 Å². The van der Waals surface area contributed by atoms with Crippen LogP contribution in [0.5, 0.6) is 0 Å². The van der Waals surface area contributed by atoms with E-state index in [2.05, 4.69) is 17.3 Å². The van der Waals surface area contributed by atoms with Crippen molar-refractivity contribution in [3.63, 3.8) is 0 Å². The van der Waals surface area contributed by atoms with Crippen molar-refractivity contribution in [2.24, 2.45) is 5.92 Å². The molecular formula is C15H21ClN2O. The molecule has 0 bridgehead atoms. The number of carbonyl (C=O) groups is 1. The highest BCUT2D eigenvalue weighted by atomic mass is 35.5. The minimum absolute atomic E-state index is 0.0909. The number of nitrogens with one attached hydrogen (secondary N) is 1. The molecular weight excluding hydrogens is 260 g/mol. The molecule has 1 fully saturated rings. The zero-order valence-corrected chi connectivity index (χ0v) is 12.1. The molecule has 1 aliphatic rings. The smallest absolute Gasteiger partial charge is 0.242 e. The predicted molar refractivity (Wildman–Crippen MR) is 78.3 cm³/mol. The van der Waals surface area contributed by atoms with Gasteiger partial charge in [-0.25, -0.2) is 0 Å². The number of likely N-dealkylation sites (tertiary alicyclic amines) is 1. The van der Waals surface area contributed by atoms with E-state index in [1.807, 2.05) is 30.3 Å². The van der Waals surface area contributed by atoms with Crippen LogP contribution < -0.4 is 5.32 Å². The third-order valence-electron chi connectivity index (χ3n) is 3.73. The van der Waals surface area contributed by atoms with Crippen LogP contribution in [0.2, 0.25) is 0 Å². The maximum absolute atomic E-state index is 12.0. The SMILES string of the molecule is CN1CCC(CNC(=O)C(Cl)c2ccccc2)CC1. The van der Waals surface area contributed by atoms with Crippen LogP contribution in [0.3, 0.4) is 0 Å². The third kappa shape index (κ3) is 4.22. The van der Waals surface area contributed by atoms with Gasteiger partial charge < -0.3 is 10.2 Å². The number of rotatable bonds is 4. The fourth-order valence-corrected chi connectivity index (χ4v) is 2.60. The molecule has 3 nitrogen and oxygen atoms in total. The highest BCUT2D eigenvalue weighted by Crippen LogP contribution is 2.20. The minimum atomic E-state index is -0.590. The van der Waals surface area contributed by atoms with Gasteiger partial charge in [0, 0.05) is 6.54 Å². The quantitative estimate of drug-likeness (QED) is 0.859. The van der Waals surface area contributed by atoms with Crippen LogP contribution in [-0.2, 0) is 4.79 Å². The van der Waals surface area contributed by atoms with Crippen molar-refractivity contribution in [1.82, 2.24) is 10.2 Å². The second kappa shape index (κ2) is 6.92. The summed E-state index contributed by atoms with van der Waals surface area (Å²) in [6, 6.07) is 9.48. The molecule has 1 unspecified atom stereocenters. The maximum atomic E-state index is 12.0. The number of alkyl halides is 1. The second-order valence-electron chi connectivity index (χ2n) is 5.27. The normalized spacial score (nSPS) is 19.1. The van der Waals surface area contributed by atoms with E-state index < -0.39 is 5.38 Å². The van der Waals surface area contributed by atoms with Crippen LogP contribution >= 0.6 is 11.6 Å². The monoisotopic (exact) mass is 280 g/mol. The molecule has 1 amide bonds. The number of amides is 1. The van der Waals surface area contributed by atoms with Crippen LogP contribution in [0.4, 0.5) is 0 Å². The van der Waals surface area contributed by atoms with Gasteiger partial charge in [-0.3, -0.25) is 4.79 Å². The molecule has 0 aromatic heterocycles. The van der Waals surface area contributed by atoms with E-state index in [-0.39, 0.29) is 5.91 Å². The van der Waals surface area contributed by atoms with Gasteiger partial charge in [-0.2, -0.15) is 0 Å². The van der Waals surface area contributed by atoms with Crippen LogP contribution in [0, 0.1) is 5.92 Å². The van der Waals surface area contributed by atoms with Gasteiger partial charge >= 0.3 is 0 Å². The Balaban J connectivity index is 1.78. The Kier molecular flexibility index (Phi) is 5.23. The van der Waals surface area contributed by atoms with E-state index in [0.717, 1.165) is 38.0 Å². The molecule has 1 aromatic carbocycles. The Morgan fingerprint density at radius 2 is 2.00 bits per heavy atom. The first-order valence-electron chi connectivity index (χ1n) is 6.82. The van der Waals surface area contributed by atoms with Gasteiger partial charge in [0.1, 0.15) is 5.38 Å². The Hall–Kier alpha value is -1.06. The van der Waals surface area contributed by atoms with Crippen LogP contribution in [0.15, 0.2) is 30.3 Å². The highest BCUT2D eigenvalue weighted by Gasteiger charge is 2.20. The summed E-state index contributed by atoms with van der Waals surface area (Å²) in [7, 11) is 2.14. The number of carbonyl (C=O) groups excluding carboxylic acids is 1. The molecule has 0 saturated carbocycles. The zero-order valence-electron chi connectivity index (χ0n) is 11.3. The summed E-state index contributed by atoms with van der Waals surface area (Å²) in [5.41, 5.74) is 0.852. The average Bonchev–Trinajstić information content (AvgIpc) is 2.46. The van der Waals surface area contributed by atoms with Crippen LogP contribution in [0.1, 0.15) is 23.8 Å². The van der Waals surface area contributed by atoms with Gasteiger partial charge in [-0.15, -0.1) is 11.6 Å². The van der Waals surface area contributed by atoms with E-state index in [4.69, 9.17) is 11.6 Å². The van der Waals surface area contributed by atoms with Gasteiger partial charge in [-0.1, -0.05) is 30.3 Å². The maximum Gasteiger partial charge on any atom is 0.242 e. The van der Waals surface area contributed by atoms with Crippen molar-refractivity contribution < 1.29 is 4.79 Å².